The summed E-state index contributed by atoms with van der Waals surface area (Å²) < 4.78 is 1.01. The number of hydrogen-bond acceptors (Lipinski definition) is 2. The average Bonchev–Trinajstić information content (AvgIpc) is 1.91. The van der Waals surface area contributed by atoms with Crippen molar-refractivity contribution >= 4 is 19.7 Å². The summed E-state index contributed by atoms with van der Waals surface area (Å²) in [7, 11) is 0. The Kier molecular flexibility index (Phi) is 2.68. The van der Waals surface area contributed by atoms with Gasteiger partial charge in [0.25, 0.3) is 0 Å². The van der Waals surface area contributed by atoms with Crippen LogP contribution in [0.3, 0.4) is 0 Å². The molecule has 0 spiro atoms. The Morgan fingerprint density at radius 1 is 1.44 bits per heavy atom. The van der Waals surface area contributed by atoms with Gasteiger partial charge in [0.05, 0.1) is 0 Å². The van der Waals surface area contributed by atoms with Crippen LogP contribution in [0.25, 0.3) is 0 Å². The van der Waals surface area contributed by atoms with E-state index in [0.717, 1.165) is 4.72 Å². The molecule has 2 nitrogen and oxygen atoms in total. The Bertz CT molecular complexity index is 164. The van der Waals surface area contributed by atoms with Crippen LogP contribution >= 0.6 is 0 Å². The predicted octanol–water partition coefficient (Wildman–Crippen LogP) is 0.244. The van der Waals surface area contributed by atoms with E-state index < -0.39 is 0 Å². The first-order chi connectivity index (χ1) is 4.43. The van der Waals surface area contributed by atoms with Gasteiger partial charge >= 0.3 is 60.4 Å². The van der Waals surface area contributed by atoms with Crippen molar-refractivity contribution in [3.8, 4) is 0 Å². The van der Waals surface area contributed by atoms with Gasteiger partial charge < -0.3 is 0 Å². The molecule has 1 aromatic rings. The van der Waals surface area contributed by atoms with Gasteiger partial charge in [-0.2, -0.15) is 0 Å². The molecule has 0 saturated heterocycles. The molecule has 9 heavy (non-hydrogen) atoms. The van der Waals surface area contributed by atoms with Gasteiger partial charge in [0, 0.05) is 0 Å². The molecule has 0 saturated carbocycles. The van der Waals surface area contributed by atoms with Crippen molar-refractivity contribution in [2.24, 2.45) is 0 Å². The third kappa shape index (κ3) is 2.12. The third-order valence-corrected chi connectivity index (χ3v) is 2.41. The summed E-state index contributed by atoms with van der Waals surface area (Å²) in [4.78, 5) is 8.17. The summed E-state index contributed by atoms with van der Waals surface area (Å²) in [5.41, 5.74) is 0. The quantitative estimate of drug-likeness (QED) is 0.620. The Balaban J connectivity index is 2.61. The van der Waals surface area contributed by atoms with Crippen molar-refractivity contribution in [1.29, 1.82) is 0 Å². The molecule has 0 aliphatic rings. The van der Waals surface area contributed by atoms with E-state index in [9.17, 15) is 0 Å². The van der Waals surface area contributed by atoms with E-state index in [1.54, 1.807) is 12.4 Å². The van der Waals surface area contributed by atoms with Gasteiger partial charge in [-0.1, -0.05) is 0 Å². The fourth-order valence-corrected chi connectivity index (χ4v) is 1.60. The van der Waals surface area contributed by atoms with E-state index in [2.05, 4.69) is 16.9 Å². The first kappa shape index (κ1) is 6.72. The molecule has 0 aliphatic heterocycles. The van der Waals surface area contributed by atoms with Gasteiger partial charge in [-0.15, -0.1) is 0 Å². The van der Waals surface area contributed by atoms with Crippen LogP contribution in [0.1, 0.15) is 6.92 Å². The van der Waals surface area contributed by atoms with Gasteiger partial charge in [0.2, 0.25) is 0 Å². The SMILES string of the molecule is CC[Se]c1ncccn1. The van der Waals surface area contributed by atoms with Crippen molar-refractivity contribution < 1.29 is 0 Å². The Hall–Kier alpha value is -0.401. The maximum absolute atomic E-state index is 4.09. The molecule has 0 unspecified atom stereocenters. The van der Waals surface area contributed by atoms with Crippen LogP contribution in [-0.4, -0.2) is 24.9 Å². The molecule has 1 aromatic heterocycles. The monoisotopic (exact) mass is 188 g/mol. The fourth-order valence-electron chi connectivity index (χ4n) is 0.489. The number of hydrogen-bond donors (Lipinski definition) is 0. The molecule has 0 amide bonds. The van der Waals surface area contributed by atoms with E-state index in [-0.39, 0.29) is 0 Å². The summed E-state index contributed by atoms with van der Waals surface area (Å²) in [5, 5.41) is 1.18. The number of rotatable bonds is 2. The van der Waals surface area contributed by atoms with Crippen molar-refractivity contribution in [3.05, 3.63) is 18.5 Å². The summed E-state index contributed by atoms with van der Waals surface area (Å²) >= 11 is 0.487. The van der Waals surface area contributed by atoms with Crippen molar-refractivity contribution in [3.63, 3.8) is 0 Å². The van der Waals surface area contributed by atoms with E-state index >= 15 is 0 Å². The molecule has 0 atom stereocenters. The Labute approximate surface area is 60.9 Å². The Morgan fingerprint density at radius 2 is 2.11 bits per heavy atom. The second-order valence-electron chi connectivity index (χ2n) is 1.46. The maximum atomic E-state index is 4.09. The molecular formula is C6H8N2Se. The van der Waals surface area contributed by atoms with E-state index in [4.69, 9.17) is 0 Å². The predicted molar refractivity (Wildman–Crippen MR) is 37.9 cm³/mol. The van der Waals surface area contributed by atoms with Crippen LogP contribution in [0.2, 0.25) is 5.32 Å². The molecule has 0 fully saturated rings. The van der Waals surface area contributed by atoms with Crippen LogP contribution in [0.4, 0.5) is 0 Å². The van der Waals surface area contributed by atoms with Crippen molar-refractivity contribution in [1.82, 2.24) is 9.97 Å². The second-order valence-corrected chi connectivity index (χ2v) is 4.05. The van der Waals surface area contributed by atoms with Gasteiger partial charge in [0.15, 0.2) is 0 Å². The third-order valence-electron chi connectivity index (χ3n) is 0.816. The molecule has 0 bridgehead atoms. The van der Waals surface area contributed by atoms with Crippen molar-refractivity contribution in [2.75, 3.05) is 0 Å². The summed E-state index contributed by atoms with van der Waals surface area (Å²) in [5.74, 6) is 0. The number of nitrogens with zero attached hydrogens (tertiary/aromatic N) is 2. The van der Waals surface area contributed by atoms with Crippen LogP contribution in [-0.2, 0) is 0 Å². The van der Waals surface area contributed by atoms with Crippen molar-refractivity contribution in [2.45, 2.75) is 12.2 Å². The standard InChI is InChI=1S/C6H8N2Se/c1-2-9-6-7-4-3-5-8-6/h3-5H,2H2,1H3. The minimum atomic E-state index is 0.487. The number of aromatic nitrogens is 2. The summed E-state index contributed by atoms with van der Waals surface area (Å²) in [6.45, 7) is 2.15. The molecular weight excluding hydrogens is 179 g/mol. The van der Waals surface area contributed by atoms with Gasteiger partial charge in [-0.25, -0.2) is 0 Å². The zero-order valence-electron chi connectivity index (χ0n) is 5.24. The average molecular weight is 187 g/mol. The Morgan fingerprint density at radius 3 is 2.67 bits per heavy atom. The fraction of sp³-hybridized carbons (Fsp3) is 0.333. The molecule has 0 radical (unpaired) electrons. The van der Waals surface area contributed by atoms with Gasteiger partial charge in [-0.05, 0) is 0 Å². The zero-order valence-corrected chi connectivity index (χ0v) is 6.95. The van der Waals surface area contributed by atoms with E-state index in [1.807, 2.05) is 6.07 Å². The van der Waals surface area contributed by atoms with Crippen LogP contribution in [0, 0.1) is 0 Å². The molecule has 48 valence electrons. The first-order valence-corrected chi connectivity index (χ1v) is 4.90. The normalized spacial score (nSPS) is 9.44. The molecule has 1 rings (SSSR count). The second kappa shape index (κ2) is 3.59. The molecule has 0 aromatic carbocycles. The van der Waals surface area contributed by atoms with Gasteiger partial charge in [0.1, 0.15) is 0 Å². The van der Waals surface area contributed by atoms with Crippen LogP contribution in [0.5, 0.6) is 0 Å². The zero-order chi connectivity index (χ0) is 6.53. The first-order valence-electron chi connectivity index (χ1n) is 2.83. The molecule has 0 aliphatic carbocycles. The molecule has 3 heteroatoms. The van der Waals surface area contributed by atoms with Gasteiger partial charge in [-0.3, -0.25) is 0 Å². The topological polar surface area (TPSA) is 25.8 Å². The summed E-state index contributed by atoms with van der Waals surface area (Å²) in [6.07, 6.45) is 3.58. The van der Waals surface area contributed by atoms with E-state index in [0.29, 0.717) is 15.0 Å². The molecule has 1 heterocycles. The van der Waals surface area contributed by atoms with E-state index in [1.165, 1.54) is 5.32 Å². The minimum absolute atomic E-state index is 0.487. The summed E-state index contributed by atoms with van der Waals surface area (Å²) in [6, 6.07) is 1.84. The van der Waals surface area contributed by atoms with Crippen LogP contribution in [0.15, 0.2) is 18.5 Å². The molecule has 0 N–H and O–H groups in total. The van der Waals surface area contributed by atoms with Crippen LogP contribution < -0.4 is 4.72 Å².